The Labute approximate surface area is 115 Å². The van der Waals surface area contributed by atoms with Crippen molar-refractivity contribution in [3.63, 3.8) is 0 Å². The molecule has 1 aliphatic carbocycles. The molecule has 1 heterocycles. The van der Waals surface area contributed by atoms with Gasteiger partial charge in [-0.3, -0.25) is 4.79 Å². The summed E-state index contributed by atoms with van der Waals surface area (Å²) < 4.78 is 0. The molecular formula is C15H23N3O. The summed E-state index contributed by atoms with van der Waals surface area (Å²) in [5.41, 5.74) is 1.75. The minimum atomic E-state index is 0.112. The molecule has 1 fully saturated rings. The molecule has 1 amide bonds. The molecule has 0 spiro atoms. The van der Waals surface area contributed by atoms with Crippen molar-refractivity contribution in [1.29, 1.82) is 0 Å². The first-order chi connectivity index (χ1) is 9.15. The second kappa shape index (κ2) is 6.04. The molecule has 1 aromatic heterocycles. The molecule has 1 saturated carbocycles. The summed E-state index contributed by atoms with van der Waals surface area (Å²) in [7, 11) is 1.90. The van der Waals surface area contributed by atoms with Gasteiger partial charge in [-0.1, -0.05) is 13.3 Å². The molecule has 0 bridgehead atoms. The molecule has 0 aliphatic heterocycles. The number of aromatic nitrogens is 1. The molecule has 2 rings (SSSR count). The predicted octanol–water partition coefficient (Wildman–Crippen LogP) is 2.70. The second-order valence-electron chi connectivity index (χ2n) is 5.16. The lowest BCUT2D eigenvalue weighted by Gasteiger charge is -2.17. The Bertz CT molecular complexity index is 430. The fraction of sp³-hybridized carbons (Fsp3) is 0.600. The number of hydrogen-bond acceptors (Lipinski definition) is 3. The van der Waals surface area contributed by atoms with Gasteiger partial charge in [0.25, 0.3) is 5.91 Å². The van der Waals surface area contributed by atoms with Gasteiger partial charge in [0.2, 0.25) is 0 Å². The van der Waals surface area contributed by atoms with E-state index in [4.69, 9.17) is 0 Å². The summed E-state index contributed by atoms with van der Waals surface area (Å²) in [4.78, 5) is 18.8. The van der Waals surface area contributed by atoms with Crippen molar-refractivity contribution in [2.45, 2.75) is 45.6 Å². The summed E-state index contributed by atoms with van der Waals surface area (Å²) in [5, 5.41) is 3.20. The van der Waals surface area contributed by atoms with Gasteiger partial charge in [-0.05, 0) is 38.3 Å². The first-order valence-electron chi connectivity index (χ1n) is 7.17. The molecule has 0 radical (unpaired) electrons. The average Bonchev–Trinajstić information content (AvgIpc) is 3.22. The van der Waals surface area contributed by atoms with Gasteiger partial charge in [0.1, 0.15) is 5.82 Å². The number of amides is 1. The van der Waals surface area contributed by atoms with Gasteiger partial charge in [0, 0.05) is 30.9 Å². The summed E-state index contributed by atoms with van der Waals surface area (Å²) in [6.45, 7) is 4.97. The Morgan fingerprint density at radius 2 is 2.16 bits per heavy atom. The highest BCUT2D eigenvalue weighted by Crippen LogP contribution is 2.27. The zero-order valence-corrected chi connectivity index (χ0v) is 12.1. The maximum Gasteiger partial charge on any atom is 0.254 e. The van der Waals surface area contributed by atoms with Crippen LogP contribution in [0, 0.1) is 0 Å². The van der Waals surface area contributed by atoms with Crippen LogP contribution in [0.5, 0.6) is 0 Å². The van der Waals surface area contributed by atoms with Gasteiger partial charge in [-0.2, -0.15) is 0 Å². The Kier molecular flexibility index (Phi) is 4.40. The van der Waals surface area contributed by atoms with Gasteiger partial charge in [0.05, 0.1) is 0 Å². The van der Waals surface area contributed by atoms with Crippen molar-refractivity contribution < 1.29 is 4.79 Å². The van der Waals surface area contributed by atoms with E-state index < -0.39 is 0 Å². The van der Waals surface area contributed by atoms with Crippen molar-refractivity contribution in [3.05, 3.63) is 23.4 Å². The molecule has 4 heteroatoms. The number of carbonyl (C=O) groups excluding carboxylic acids is 1. The van der Waals surface area contributed by atoms with Crippen LogP contribution in [0.1, 0.15) is 49.2 Å². The van der Waals surface area contributed by atoms with Crippen molar-refractivity contribution in [2.75, 3.05) is 18.9 Å². The van der Waals surface area contributed by atoms with Crippen LogP contribution in [-0.2, 0) is 6.42 Å². The van der Waals surface area contributed by atoms with E-state index in [1.807, 2.05) is 31.0 Å². The smallest absolute Gasteiger partial charge is 0.254 e. The van der Waals surface area contributed by atoms with Gasteiger partial charge < -0.3 is 10.2 Å². The number of pyridine rings is 1. The maximum absolute atomic E-state index is 12.4. The number of aryl methyl sites for hydroxylation is 1. The molecule has 1 N–H and O–H groups in total. The number of rotatable bonds is 6. The first-order valence-corrected chi connectivity index (χ1v) is 7.17. The molecule has 0 aromatic carbocycles. The van der Waals surface area contributed by atoms with Crippen LogP contribution in [0.15, 0.2) is 12.1 Å². The number of carbonyl (C=O) groups is 1. The number of nitrogens with one attached hydrogen (secondary N) is 1. The van der Waals surface area contributed by atoms with Crippen LogP contribution >= 0.6 is 0 Å². The van der Waals surface area contributed by atoms with Crippen LogP contribution in [0.4, 0.5) is 5.82 Å². The fourth-order valence-corrected chi connectivity index (χ4v) is 2.20. The Morgan fingerprint density at radius 3 is 2.74 bits per heavy atom. The lowest BCUT2D eigenvalue weighted by atomic mass is 10.1. The van der Waals surface area contributed by atoms with Gasteiger partial charge in [0.15, 0.2) is 0 Å². The lowest BCUT2D eigenvalue weighted by molar-refractivity contribution is 0.0785. The van der Waals surface area contributed by atoms with Crippen LogP contribution in [0.3, 0.4) is 0 Å². The van der Waals surface area contributed by atoms with E-state index in [0.717, 1.165) is 49.3 Å². The standard InChI is InChI=1S/C15H23N3O/c1-4-6-12-9-11(10-14(17-12)16-5-2)15(19)18(3)13-7-8-13/h9-10,13H,4-8H2,1-3H3,(H,16,17). The monoisotopic (exact) mass is 261 g/mol. The summed E-state index contributed by atoms with van der Waals surface area (Å²) in [6, 6.07) is 4.24. The Balaban J connectivity index is 2.23. The highest BCUT2D eigenvalue weighted by atomic mass is 16.2. The minimum Gasteiger partial charge on any atom is -0.370 e. The number of nitrogens with zero attached hydrogens (tertiary/aromatic N) is 2. The molecule has 1 aromatic rings. The molecule has 0 saturated heterocycles. The third kappa shape index (κ3) is 3.46. The third-order valence-corrected chi connectivity index (χ3v) is 3.40. The van der Waals surface area contributed by atoms with Gasteiger partial charge in [-0.15, -0.1) is 0 Å². The van der Waals surface area contributed by atoms with Crippen LogP contribution in [-0.4, -0.2) is 35.4 Å². The Morgan fingerprint density at radius 1 is 1.42 bits per heavy atom. The van der Waals surface area contributed by atoms with Gasteiger partial charge >= 0.3 is 0 Å². The second-order valence-corrected chi connectivity index (χ2v) is 5.16. The number of hydrogen-bond donors (Lipinski definition) is 1. The zero-order chi connectivity index (χ0) is 13.8. The molecule has 4 nitrogen and oxygen atoms in total. The first kappa shape index (κ1) is 13.8. The summed E-state index contributed by atoms with van der Waals surface area (Å²) >= 11 is 0. The molecule has 104 valence electrons. The van der Waals surface area contributed by atoms with E-state index in [-0.39, 0.29) is 5.91 Å². The topological polar surface area (TPSA) is 45.2 Å². The molecule has 19 heavy (non-hydrogen) atoms. The maximum atomic E-state index is 12.4. The van der Waals surface area contributed by atoms with Crippen molar-refractivity contribution in [1.82, 2.24) is 9.88 Å². The lowest BCUT2D eigenvalue weighted by Crippen LogP contribution is -2.29. The van der Waals surface area contributed by atoms with Crippen molar-refractivity contribution in [3.8, 4) is 0 Å². The quantitative estimate of drug-likeness (QED) is 0.856. The molecule has 0 unspecified atom stereocenters. The SMILES string of the molecule is CCCc1cc(C(=O)N(C)C2CC2)cc(NCC)n1. The van der Waals surface area contributed by atoms with Crippen molar-refractivity contribution >= 4 is 11.7 Å². The van der Waals surface area contributed by atoms with Gasteiger partial charge in [-0.25, -0.2) is 4.98 Å². The third-order valence-electron chi connectivity index (χ3n) is 3.40. The van der Waals surface area contributed by atoms with E-state index >= 15 is 0 Å². The summed E-state index contributed by atoms with van der Waals surface area (Å²) in [5.74, 6) is 0.919. The highest BCUT2D eigenvalue weighted by molar-refractivity contribution is 5.95. The van der Waals surface area contributed by atoms with Crippen LogP contribution < -0.4 is 5.32 Å². The predicted molar refractivity (Wildman–Crippen MR) is 77.5 cm³/mol. The molecular weight excluding hydrogens is 238 g/mol. The van der Waals surface area contributed by atoms with E-state index in [1.54, 1.807) is 0 Å². The van der Waals surface area contributed by atoms with E-state index in [0.29, 0.717) is 6.04 Å². The van der Waals surface area contributed by atoms with Crippen LogP contribution in [0.2, 0.25) is 0 Å². The van der Waals surface area contributed by atoms with E-state index in [2.05, 4.69) is 17.2 Å². The Hall–Kier alpha value is -1.58. The molecule has 0 atom stereocenters. The van der Waals surface area contributed by atoms with Crippen molar-refractivity contribution in [2.24, 2.45) is 0 Å². The minimum absolute atomic E-state index is 0.112. The average molecular weight is 261 g/mol. The largest absolute Gasteiger partial charge is 0.370 e. The normalized spacial score (nSPS) is 14.3. The zero-order valence-electron chi connectivity index (χ0n) is 12.1. The molecule has 1 aliphatic rings. The van der Waals surface area contributed by atoms with Crippen LogP contribution in [0.25, 0.3) is 0 Å². The fourth-order valence-electron chi connectivity index (χ4n) is 2.20. The van der Waals surface area contributed by atoms with E-state index in [1.165, 1.54) is 0 Å². The highest BCUT2D eigenvalue weighted by Gasteiger charge is 2.30. The van der Waals surface area contributed by atoms with E-state index in [9.17, 15) is 4.79 Å². The number of anilines is 1. The summed E-state index contributed by atoms with van der Waals surface area (Å²) in [6.07, 6.45) is 4.21.